The Kier molecular flexibility index (Phi) is 5.14. The Morgan fingerprint density at radius 1 is 1.41 bits per heavy atom. The Balaban J connectivity index is 0.00000176. The molecule has 0 aliphatic carbocycles. The maximum absolute atomic E-state index is 12.5. The number of furan rings is 1. The van der Waals surface area contributed by atoms with E-state index in [2.05, 4.69) is 38.2 Å². The molecule has 2 heterocycles. The Bertz CT molecular complexity index is 681. The number of benzene rings is 1. The summed E-state index contributed by atoms with van der Waals surface area (Å²) in [7, 11) is 0. The van der Waals surface area contributed by atoms with E-state index in [4.69, 9.17) is 4.42 Å². The zero-order valence-corrected chi connectivity index (χ0v) is 14.1. The van der Waals surface area contributed by atoms with Gasteiger partial charge in [-0.05, 0) is 31.9 Å². The second-order valence-corrected chi connectivity index (χ2v) is 5.96. The third kappa shape index (κ3) is 2.99. The summed E-state index contributed by atoms with van der Waals surface area (Å²) in [4.78, 5) is 14.5. The number of piperazine rings is 1. The number of carbonyl (C=O) groups excluding carboxylic acids is 1. The van der Waals surface area contributed by atoms with Crippen LogP contribution >= 0.6 is 12.4 Å². The SMILES string of the molecule is Cc1ccc2c(CC(=O)N3CCNC[C@@H]3C)coc2c1C.Cl. The maximum Gasteiger partial charge on any atom is 0.227 e. The van der Waals surface area contributed by atoms with Crippen LogP contribution in [0.4, 0.5) is 0 Å². The molecular weight excluding hydrogens is 300 g/mol. The molecule has 4 nitrogen and oxygen atoms in total. The Labute approximate surface area is 137 Å². The highest BCUT2D eigenvalue weighted by molar-refractivity contribution is 5.89. The minimum Gasteiger partial charge on any atom is -0.464 e. The number of nitrogens with one attached hydrogen (secondary N) is 1. The van der Waals surface area contributed by atoms with Crippen molar-refractivity contribution in [3.63, 3.8) is 0 Å². The summed E-state index contributed by atoms with van der Waals surface area (Å²) >= 11 is 0. The quantitative estimate of drug-likeness (QED) is 0.924. The van der Waals surface area contributed by atoms with Crippen LogP contribution in [-0.2, 0) is 11.2 Å². The summed E-state index contributed by atoms with van der Waals surface area (Å²) < 4.78 is 5.69. The third-order valence-corrected chi connectivity index (χ3v) is 4.51. The largest absolute Gasteiger partial charge is 0.464 e. The molecule has 3 rings (SSSR count). The number of fused-ring (bicyclic) bond motifs is 1. The van der Waals surface area contributed by atoms with Gasteiger partial charge in [-0.25, -0.2) is 0 Å². The fourth-order valence-corrected chi connectivity index (χ4v) is 3.00. The number of nitrogens with zero attached hydrogens (tertiary/aromatic N) is 1. The van der Waals surface area contributed by atoms with Crippen LogP contribution in [-0.4, -0.2) is 36.5 Å². The van der Waals surface area contributed by atoms with Gasteiger partial charge < -0.3 is 14.6 Å². The average Bonchev–Trinajstić information content (AvgIpc) is 2.87. The molecule has 0 radical (unpaired) electrons. The van der Waals surface area contributed by atoms with Gasteiger partial charge in [0.05, 0.1) is 12.7 Å². The van der Waals surface area contributed by atoms with Crippen molar-refractivity contribution in [2.24, 2.45) is 0 Å². The highest BCUT2D eigenvalue weighted by atomic mass is 35.5. The van der Waals surface area contributed by atoms with Gasteiger partial charge in [0, 0.05) is 36.6 Å². The van der Waals surface area contributed by atoms with Crippen molar-refractivity contribution in [3.05, 3.63) is 35.1 Å². The van der Waals surface area contributed by atoms with E-state index in [0.717, 1.165) is 41.7 Å². The molecule has 0 spiro atoms. The smallest absolute Gasteiger partial charge is 0.227 e. The molecule has 0 bridgehead atoms. The molecule has 1 amide bonds. The average molecular weight is 323 g/mol. The Morgan fingerprint density at radius 2 is 2.18 bits per heavy atom. The van der Waals surface area contributed by atoms with Crippen LogP contribution < -0.4 is 5.32 Å². The fourth-order valence-electron chi connectivity index (χ4n) is 3.00. The van der Waals surface area contributed by atoms with E-state index in [-0.39, 0.29) is 24.4 Å². The predicted molar refractivity (Wildman–Crippen MR) is 90.7 cm³/mol. The summed E-state index contributed by atoms with van der Waals surface area (Å²) in [6.45, 7) is 8.76. The molecule has 5 heteroatoms. The number of rotatable bonds is 2. The van der Waals surface area contributed by atoms with Gasteiger partial charge in [0.15, 0.2) is 0 Å². The van der Waals surface area contributed by atoms with E-state index in [9.17, 15) is 4.79 Å². The molecule has 0 saturated carbocycles. The van der Waals surface area contributed by atoms with E-state index >= 15 is 0 Å². The Morgan fingerprint density at radius 3 is 2.91 bits per heavy atom. The molecule has 120 valence electrons. The van der Waals surface area contributed by atoms with Crippen LogP contribution in [0.2, 0.25) is 0 Å². The van der Waals surface area contributed by atoms with Gasteiger partial charge in [-0.15, -0.1) is 12.4 Å². The van der Waals surface area contributed by atoms with Crippen LogP contribution in [0.15, 0.2) is 22.8 Å². The lowest BCUT2D eigenvalue weighted by Gasteiger charge is -2.34. The summed E-state index contributed by atoms with van der Waals surface area (Å²) in [5.41, 5.74) is 4.27. The molecule has 1 fully saturated rings. The first-order valence-electron chi connectivity index (χ1n) is 7.54. The van der Waals surface area contributed by atoms with Gasteiger partial charge in [-0.2, -0.15) is 0 Å². The van der Waals surface area contributed by atoms with Crippen LogP contribution in [0.3, 0.4) is 0 Å². The monoisotopic (exact) mass is 322 g/mol. The lowest BCUT2D eigenvalue weighted by atomic mass is 10.0. The van der Waals surface area contributed by atoms with E-state index < -0.39 is 0 Å². The number of carbonyl (C=O) groups is 1. The first-order valence-corrected chi connectivity index (χ1v) is 7.54. The topological polar surface area (TPSA) is 45.5 Å². The number of amides is 1. The van der Waals surface area contributed by atoms with Crippen molar-refractivity contribution in [1.82, 2.24) is 10.2 Å². The van der Waals surface area contributed by atoms with Crippen molar-refractivity contribution in [3.8, 4) is 0 Å². The summed E-state index contributed by atoms with van der Waals surface area (Å²) in [5.74, 6) is 0.185. The highest BCUT2D eigenvalue weighted by Gasteiger charge is 2.24. The van der Waals surface area contributed by atoms with E-state index in [0.29, 0.717) is 6.42 Å². The molecule has 1 aromatic heterocycles. The molecule has 1 aliphatic heterocycles. The van der Waals surface area contributed by atoms with Gasteiger partial charge in [-0.3, -0.25) is 4.79 Å². The highest BCUT2D eigenvalue weighted by Crippen LogP contribution is 2.27. The van der Waals surface area contributed by atoms with Crippen molar-refractivity contribution in [2.75, 3.05) is 19.6 Å². The molecule has 1 atom stereocenters. The molecule has 2 aromatic rings. The van der Waals surface area contributed by atoms with Gasteiger partial charge in [0.25, 0.3) is 0 Å². The molecule has 0 unspecified atom stereocenters. The molecule has 1 aliphatic rings. The zero-order valence-electron chi connectivity index (χ0n) is 13.3. The maximum atomic E-state index is 12.5. The summed E-state index contributed by atoms with van der Waals surface area (Å²) in [6.07, 6.45) is 2.15. The Hall–Kier alpha value is -1.52. The first-order chi connectivity index (χ1) is 10.1. The second kappa shape index (κ2) is 6.71. The van der Waals surface area contributed by atoms with Crippen LogP contribution in [0.25, 0.3) is 11.0 Å². The normalized spacial score (nSPS) is 18.3. The van der Waals surface area contributed by atoms with Gasteiger partial charge in [-0.1, -0.05) is 12.1 Å². The van der Waals surface area contributed by atoms with Crippen molar-refractivity contribution in [1.29, 1.82) is 0 Å². The van der Waals surface area contributed by atoms with Crippen LogP contribution in [0.5, 0.6) is 0 Å². The molecule has 1 aromatic carbocycles. The van der Waals surface area contributed by atoms with Gasteiger partial charge in [0.1, 0.15) is 5.58 Å². The van der Waals surface area contributed by atoms with E-state index in [1.165, 1.54) is 5.56 Å². The second-order valence-electron chi connectivity index (χ2n) is 5.96. The third-order valence-electron chi connectivity index (χ3n) is 4.51. The van der Waals surface area contributed by atoms with Crippen LogP contribution in [0, 0.1) is 13.8 Å². The molecule has 1 N–H and O–H groups in total. The van der Waals surface area contributed by atoms with Gasteiger partial charge >= 0.3 is 0 Å². The number of hydrogen-bond acceptors (Lipinski definition) is 3. The number of halogens is 1. The summed E-state index contributed by atoms with van der Waals surface area (Å²) in [5, 5.41) is 4.37. The lowest BCUT2D eigenvalue weighted by molar-refractivity contribution is -0.133. The zero-order chi connectivity index (χ0) is 15.0. The van der Waals surface area contributed by atoms with Gasteiger partial charge in [0.2, 0.25) is 5.91 Å². The number of hydrogen-bond donors (Lipinski definition) is 1. The predicted octanol–water partition coefficient (Wildman–Crippen LogP) is 2.83. The first kappa shape index (κ1) is 16.8. The number of aryl methyl sites for hydroxylation is 2. The standard InChI is InChI=1S/C17H22N2O2.ClH/c1-11-4-5-15-14(10-21-17(15)13(11)3)8-16(20)19-7-6-18-9-12(19)2;/h4-5,10,12,18H,6-9H2,1-3H3;1H/t12-;/m0./s1. The van der Waals surface area contributed by atoms with E-state index in [1.54, 1.807) is 6.26 Å². The van der Waals surface area contributed by atoms with Crippen molar-refractivity contribution in [2.45, 2.75) is 33.2 Å². The van der Waals surface area contributed by atoms with Crippen molar-refractivity contribution >= 4 is 29.3 Å². The lowest BCUT2D eigenvalue weighted by Crippen LogP contribution is -2.52. The molecule has 22 heavy (non-hydrogen) atoms. The van der Waals surface area contributed by atoms with Crippen molar-refractivity contribution < 1.29 is 9.21 Å². The minimum absolute atomic E-state index is 0. The molecule has 1 saturated heterocycles. The summed E-state index contributed by atoms with van der Waals surface area (Å²) in [6, 6.07) is 4.41. The van der Waals surface area contributed by atoms with Crippen LogP contribution in [0.1, 0.15) is 23.6 Å². The van der Waals surface area contributed by atoms with E-state index in [1.807, 2.05) is 4.90 Å². The molecular formula is C17H23ClN2O2. The minimum atomic E-state index is 0. The fraction of sp³-hybridized carbons (Fsp3) is 0.471.